The van der Waals surface area contributed by atoms with Gasteiger partial charge in [-0.3, -0.25) is 4.90 Å². The summed E-state index contributed by atoms with van der Waals surface area (Å²) in [4.78, 5) is 4.75. The molecule has 2 aromatic carbocycles. The quantitative estimate of drug-likeness (QED) is 0.801. The second-order valence-electron chi connectivity index (χ2n) is 6.15. The van der Waals surface area contributed by atoms with Crippen LogP contribution in [-0.2, 0) is 17.8 Å². The maximum absolute atomic E-state index is 5.87. The van der Waals surface area contributed by atoms with E-state index in [2.05, 4.69) is 47.2 Å². The number of halogens is 2. The van der Waals surface area contributed by atoms with Gasteiger partial charge in [0.1, 0.15) is 0 Å². The minimum atomic E-state index is 0. The van der Waals surface area contributed by atoms with Gasteiger partial charge in [0.25, 0.3) is 0 Å². The second-order valence-corrected chi connectivity index (χ2v) is 6.15. The molecule has 1 aliphatic rings. The minimum Gasteiger partial charge on any atom is -0.399 e. The molecule has 0 atom stereocenters. The van der Waals surface area contributed by atoms with Gasteiger partial charge in [-0.05, 0) is 36.4 Å². The standard InChI is InChI=1S/C19H25N3O.2ClH/c1-21(14-16-5-4-7-18(20)13-16)15-17-6-2-3-8-19(17)22-9-11-23-12-10-22;;/h2-8,13H,9-12,14-15,20H2,1H3;2*1H. The SMILES string of the molecule is CN(Cc1cccc(N)c1)Cc1ccccc1N1CCOCC1.Cl.Cl. The van der Waals surface area contributed by atoms with Crippen LogP contribution >= 0.6 is 24.8 Å². The summed E-state index contributed by atoms with van der Waals surface area (Å²) in [5.74, 6) is 0. The molecule has 0 saturated carbocycles. The number of nitrogens with two attached hydrogens (primary N) is 1. The fourth-order valence-corrected chi connectivity index (χ4v) is 3.11. The monoisotopic (exact) mass is 383 g/mol. The lowest BCUT2D eigenvalue weighted by Gasteiger charge is -2.31. The van der Waals surface area contributed by atoms with E-state index in [1.54, 1.807) is 0 Å². The fourth-order valence-electron chi connectivity index (χ4n) is 3.11. The van der Waals surface area contributed by atoms with Gasteiger partial charge in [-0.25, -0.2) is 0 Å². The molecular formula is C19H27Cl2N3O. The van der Waals surface area contributed by atoms with Crippen molar-refractivity contribution < 1.29 is 4.74 Å². The van der Waals surface area contributed by atoms with Crippen molar-refractivity contribution in [1.29, 1.82) is 0 Å². The summed E-state index contributed by atoms with van der Waals surface area (Å²) >= 11 is 0. The van der Waals surface area contributed by atoms with Crippen LogP contribution in [0.25, 0.3) is 0 Å². The van der Waals surface area contributed by atoms with Crippen LogP contribution in [0.2, 0.25) is 0 Å². The minimum absolute atomic E-state index is 0. The Morgan fingerprint density at radius 2 is 1.72 bits per heavy atom. The van der Waals surface area contributed by atoms with Crippen LogP contribution in [0.15, 0.2) is 48.5 Å². The number of para-hydroxylation sites is 1. The number of hydrogen-bond donors (Lipinski definition) is 1. The highest BCUT2D eigenvalue weighted by Crippen LogP contribution is 2.23. The van der Waals surface area contributed by atoms with E-state index in [0.717, 1.165) is 45.1 Å². The van der Waals surface area contributed by atoms with E-state index < -0.39 is 0 Å². The summed E-state index contributed by atoms with van der Waals surface area (Å²) in [7, 11) is 2.15. The number of rotatable bonds is 5. The molecule has 0 aromatic heterocycles. The first-order valence-electron chi connectivity index (χ1n) is 8.16. The van der Waals surface area contributed by atoms with E-state index in [1.165, 1.54) is 16.8 Å². The van der Waals surface area contributed by atoms with Gasteiger partial charge in [0.05, 0.1) is 13.2 Å². The Balaban J connectivity index is 0.00000156. The van der Waals surface area contributed by atoms with E-state index in [9.17, 15) is 0 Å². The molecule has 2 N–H and O–H groups in total. The van der Waals surface area contributed by atoms with Crippen LogP contribution in [0, 0.1) is 0 Å². The molecule has 138 valence electrons. The van der Waals surface area contributed by atoms with E-state index in [1.807, 2.05) is 18.2 Å². The highest BCUT2D eigenvalue weighted by atomic mass is 35.5. The molecular weight excluding hydrogens is 357 g/mol. The smallest absolute Gasteiger partial charge is 0.0642 e. The number of nitrogen functional groups attached to an aromatic ring is 1. The Morgan fingerprint density at radius 1 is 1.00 bits per heavy atom. The van der Waals surface area contributed by atoms with E-state index in [0.29, 0.717) is 0 Å². The molecule has 0 radical (unpaired) electrons. The zero-order valence-corrected chi connectivity index (χ0v) is 16.2. The third kappa shape index (κ3) is 6.08. The van der Waals surface area contributed by atoms with Crippen LogP contribution in [-0.4, -0.2) is 38.3 Å². The summed E-state index contributed by atoms with van der Waals surface area (Å²) < 4.78 is 5.47. The molecule has 0 amide bonds. The number of nitrogens with zero attached hydrogens (tertiary/aromatic N) is 2. The number of anilines is 2. The van der Waals surface area contributed by atoms with Gasteiger partial charge >= 0.3 is 0 Å². The van der Waals surface area contributed by atoms with Gasteiger partial charge in [0.2, 0.25) is 0 Å². The summed E-state index contributed by atoms with van der Waals surface area (Å²) in [5, 5.41) is 0. The number of benzene rings is 2. The topological polar surface area (TPSA) is 41.7 Å². The number of morpholine rings is 1. The molecule has 1 heterocycles. The molecule has 0 spiro atoms. The highest BCUT2D eigenvalue weighted by Gasteiger charge is 2.15. The van der Waals surface area contributed by atoms with E-state index in [4.69, 9.17) is 10.5 Å². The molecule has 1 saturated heterocycles. The molecule has 4 nitrogen and oxygen atoms in total. The Labute approximate surface area is 162 Å². The molecule has 0 bridgehead atoms. The second kappa shape index (κ2) is 10.5. The first-order valence-corrected chi connectivity index (χ1v) is 8.16. The Kier molecular flexibility index (Phi) is 9.08. The van der Waals surface area contributed by atoms with Crippen molar-refractivity contribution in [3.8, 4) is 0 Å². The molecule has 0 unspecified atom stereocenters. The Morgan fingerprint density at radius 3 is 2.44 bits per heavy atom. The van der Waals surface area contributed by atoms with Gasteiger partial charge in [-0.2, -0.15) is 0 Å². The summed E-state index contributed by atoms with van der Waals surface area (Å²) in [5.41, 5.74) is 10.6. The van der Waals surface area contributed by atoms with E-state index >= 15 is 0 Å². The highest BCUT2D eigenvalue weighted by molar-refractivity contribution is 5.85. The van der Waals surface area contributed by atoms with Crippen LogP contribution < -0.4 is 10.6 Å². The molecule has 6 heteroatoms. The summed E-state index contributed by atoms with van der Waals surface area (Å²) in [6.07, 6.45) is 0. The fraction of sp³-hybridized carbons (Fsp3) is 0.368. The average Bonchev–Trinajstić information content (AvgIpc) is 2.56. The van der Waals surface area contributed by atoms with Crippen molar-refractivity contribution in [3.05, 3.63) is 59.7 Å². The third-order valence-corrected chi connectivity index (χ3v) is 4.19. The average molecular weight is 384 g/mol. The Hall–Kier alpha value is -1.46. The van der Waals surface area contributed by atoms with Crippen molar-refractivity contribution in [3.63, 3.8) is 0 Å². The third-order valence-electron chi connectivity index (χ3n) is 4.19. The predicted molar refractivity (Wildman–Crippen MR) is 110 cm³/mol. The first-order chi connectivity index (χ1) is 11.2. The van der Waals surface area contributed by atoms with E-state index in [-0.39, 0.29) is 24.8 Å². The summed E-state index contributed by atoms with van der Waals surface area (Å²) in [6.45, 7) is 5.37. The molecule has 2 aromatic rings. The first kappa shape index (κ1) is 21.6. The van der Waals surface area contributed by atoms with Crippen molar-refractivity contribution in [2.75, 3.05) is 44.0 Å². The van der Waals surface area contributed by atoms with Gasteiger partial charge < -0.3 is 15.4 Å². The predicted octanol–water partition coefficient (Wildman–Crippen LogP) is 3.58. The summed E-state index contributed by atoms with van der Waals surface area (Å²) in [6, 6.07) is 16.8. The van der Waals surface area contributed by atoms with Crippen molar-refractivity contribution in [1.82, 2.24) is 4.90 Å². The molecule has 25 heavy (non-hydrogen) atoms. The zero-order chi connectivity index (χ0) is 16.1. The number of ether oxygens (including phenoxy) is 1. The van der Waals surface area contributed by atoms with Gasteiger partial charge in [0.15, 0.2) is 0 Å². The van der Waals surface area contributed by atoms with Gasteiger partial charge in [-0.1, -0.05) is 30.3 Å². The van der Waals surface area contributed by atoms with Crippen LogP contribution in [0.3, 0.4) is 0 Å². The molecule has 0 aliphatic carbocycles. The van der Waals surface area contributed by atoms with Crippen molar-refractivity contribution >= 4 is 36.2 Å². The lowest BCUT2D eigenvalue weighted by atomic mass is 10.1. The normalized spacial score (nSPS) is 13.9. The van der Waals surface area contributed by atoms with Crippen LogP contribution in [0.5, 0.6) is 0 Å². The molecule has 3 rings (SSSR count). The largest absolute Gasteiger partial charge is 0.399 e. The Bertz CT molecular complexity index is 648. The van der Waals surface area contributed by atoms with Crippen LogP contribution in [0.4, 0.5) is 11.4 Å². The maximum Gasteiger partial charge on any atom is 0.0642 e. The molecule has 1 aliphatic heterocycles. The number of hydrogen-bond acceptors (Lipinski definition) is 4. The molecule has 1 fully saturated rings. The van der Waals surface area contributed by atoms with Crippen molar-refractivity contribution in [2.45, 2.75) is 13.1 Å². The van der Waals surface area contributed by atoms with Gasteiger partial charge in [-0.15, -0.1) is 24.8 Å². The van der Waals surface area contributed by atoms with Crippen LogP contribution in [0.1, 0.15) is 11.1 Å². The lowest BCUT2D eigenvalue weighted by Crippen LogP contribution is -2.37. The lowest BCUT2D eigenvalue weighted by molar-refractivity contribution is 0.122. The maximum atomic E-state index is 5.87. The zero-order valence-electron chi connectivity index (χ0n) is 14.6. The van der Waals surface area contributed by atoms with Gasteiger partial charge in [0, 0.05) is 37.6 Å². The van der Waals surface area contributed by atoms with Crippen molar-refractivity contribution in [2.24, 2.45) is 0 Å².